The predicted octanol–water partition coefficient (Wildman–Crippen LogP) is 1.74. The predicted molar refractivity (Wildman–Crippen MR) is 53.0 cm³/mol. The van der Waals surface area contributed by atoms with E-state index in [0.29, 0.717) is 17.9 Å². The van der Waals surface area contributed by atoms with E-state index in [1.54, 1.807) is 25.1 Å². The first-order chi connectivity index (χ1) is 6.70. The van der Waals surface area contributed by atoms with E-state index in [2.05, 4.69) is 4.84 Å². The van der Waals surface area contributed by atoms with Crippen LogP contribution in [0.5, 0.6) is 11.5 Å². The van der Waals surface area contributed by atoms with Crippen molar-refractivity contribution in [1.29, 1.82) is 0 Å². The first-order valence-electron chi connectivity index (χ1n) is 4.50. The molecule has 14 heavy (non-hydrogen) atoms. The molecule has 0 amide bonds. The second kappa shape index (κ2) is 4.83. The van der Waals surface area contributed by atoms with Crippen LogP contribution in [0.3, 0.4) is 0 Å². The summed E-state index contributed by atoms with van der Waals surface area (Å²) in [5, 5.41) is 9.76. The summed E-state index contributed by atoms with van der Waals surface area (Å²) in [4.78, 5) is 4.63. The first-order valence-corrected chi connectivity index (χ1v) is 4.50. The van der Waals surface area contributed by atoms with Crippen molar-refractivity contribution in [2.45, 2.75) is 20.0 Å². The van der Waals surface area contributed by atoms with Gasteiger partial charge < -0.3 is 9.84 Å². The van der Waals surface area contributed by atoms with Crippen molar-refractivity contribution in [3.8, 4) is 11.5 Å². The number of hydrogen-bond acceptors (Lipinski definition) is 4. The number of benzene rings is 1. The van der Waals surface area contributed by atoms with Crippen LogP contribution in [0.4, 0.5) is 0 Å². The Morgan fingerprint density at radius 1 is 1.50 bits per heavy atom. The van der Waals surface area contributed by atoms with Crippen molar-refractivity contribution in [3.05, 3.63) is 23.8 Å². The Balaban J connectivity index is 3.00. The van der Waals surface area contributed by atoms with E-state index >= 15 is 0 Å². The molecule has 1 aromatic rings. The molecule has 4 nitrogen and oxygen atoms in total. The third kappa shape index (κ3) is 2.16. The van der Waals surface area contributed by atoms with Gasteiger partial charge in [0, 0.05) is 5.56 Å². The van der Waals surface area contributed by atoms with Gasteiger partial charge in [-0.2, -0.15) is 0 Å². The lowest BCUT2D eigenvalue weighted by molar-refractivity contribution is 0.0643. The normalized spacial score (nSPS) is 12.5. The highest BCUT2D eigenvalue weighted by Gasteiger charge is 2.13. The van der Waals surface area contributed by atoms with E-state index in [0.717, 1.165) is 0 Å². The average Bonchev–Trinajstić information content (AvgIpc) is 2.20. The third-order valence-corrected chi connectivity index (χ3v) is 1.97. The summed E-state index contributed by atoms with van der Waals surface area (Å²) >= 11 is 0. The lowest BCUT2D eigenvalue weighted by atomic mass is 10.1. The topological polar surface area (TPSA) is 64.7 Å². The molecule has 0 aliphatic carbocycles. The van der Waals surface area contributed by atoms with Crippen LogP contribution in [0, 0.1) is 0 Å². The van der Waals surface area contributed by atoms with Gasteiger partial charge in [-0.05, 0) is 19.9 Å². The van der Waals surface area contributed by atoms with E-state index in [-0.39, 0.29) is 11.9 Å². The fourth-order valence-corrected chi connectivity index (χ4v) is 1.21. The molecule has 0 fully saturated rings. The van der Waals surface area contributed by atoms with E-state index in [4.69, 9.17) is 10.6 Å². The molecule has 0 bridgehead atoms. The summed E-state index contributed by atoms with van der Waals surface area (Å²) < 4.78 is 5.23. The number of rotatable bonds is 4. The summed E-state index contributed by atoms with van der Waals surface area (Å²) in [6.07, 6.45) is -0.351. The molecular weight excluding hydrogens is 182 g/mol. The summed E-state index contributed by atoms with van der Waals surface area (Å²) in [7, 11) is 0. The zero-order chi connectivity index (χ0) is 10.6. The highest BCUT2D eigenvalue weighted by molar-refractivity contribution is 5.46. The molecule has 4 heteroatoms. The van der Waals surface area contributed by atoms with Gasteiger partial charge in [-0.25, -0.2) is 5.90 Å². The maximum atomic E-state index is 9.76. The van der Waals surface area contributed by atoms with Crippen molar-refractivity contribution in [3.63, 3.8) is 0 Å². The zero-order valence-corrected chi connectivity index (χ0v) is 8.36. The minimum absolute atomic E-state index is 0.0901. The van der Waals surface area contributed by atoms with Crippen molar-refractivity contribution >= 4 is 0 Å². The van der Waals surface area contributed by atoms with Crippen LogP contribution in [-0.4, -0.2) is 11.7 Å². The van der Waals surface area contributed by atoms with E-state index in [1.165, 1.54) is 0 Å². The molecule has 1 atom stereocenters. The molecule has 0 heterocycles. The van der Waals surface area contributed by atoms with Crippen LogP contribution in [0.2, 0.25) is 0 Å². The standard InChI is InChI=1S/C10H15NO3/c1-3-13-9-6-4-5-8(10(9)12)7(2)14-11/h4-7,12H,3,11H2,1-2H3. The number of hydrogen-bond donors (Lipinski definition) is 2. The molecule has 78 valence electrons. The Morgan fingerprint density at radius 3 is 2.79 bits per heavy atom. The molecule has 0 saturated heterocycles. The molecule has 0 aliphatic rings. The van der Waals surface area contributed by atoms with Crippen LogP contribution in [0.15, 0.2) is 18.2 Å². The van der Waals surface area contributed by atoms with Gasteiger partial charge in [-0.15, -0.1) is 0 Å². The van der Waals surface area contributed by atoms with Crippen LogP contribution in [-0.2, 0) is 4.84 Å². The van der Waals surface area contributed by atoms with Gasteiger partial charge in [0.25, 0.3) is 0 Å². The summed E-state index contributed by atoms with van der Waals surface area (Å²) in [5.74, 6) is 5.59. The van der Waals surface area contributed by atoms with Gasteiger partial charge in [-0.3, -0.25) is 4.84 Å². The minimum atomic E-state index is -0.351. The SMILES string of the molecule is CCOc1cccc(C(C)ON)c1O. The fraction of sp³-hybridized carbons (Fsp3) is 0.400. The van der Waals surface area contributed by atoms with Crippen molar-refractivity contribution in [1.82, 2.24) is 0 Å². The van der Waals surface area contributed by atoms with Crippen LogP contribution < -0.4 is 10.6 Å². The summed E-state index contributed by atoms with van der Waals surface area (Å²) in [5.41, 5.74) is 0.624. The Hall–Kier alpha value is -1.26. The van der Waals surface area contributed by atoms with Crippen LogP contribution in [0.25, 0.3) is 0 Å². The van der Waals surface area contributed by atoms with E-state index in [1.807, 2.05) is 6.92 Å². The number of ether oxygens (including phenoxy) is 1. The molecule has 0 saturated carbocycles. The molecule has 3 N–H and O–H groups in total. The maximum absolute atomic E-state index is 9.76. The molecule has 1 aromatic carbocycles. The summed E-state index contributed by atoms with van der Waals surface area (Å²) in [6, 6.07) is 5.23. The highest BCUT2D eigenvalue weighted by atomic mass is 16.6. The molecule has 0 aliphatic heterocycles. The van der Waals surface area contributed by atoms with Crippen molar-refractivity contribution in [2.75, 3.05) is 6.61 Å². The second-order valence-electron chi connectivity index (χ2n) is 2.91. The van der Waals surface area contributed by atoms with Gasteiger partial charge in [-0.1, -0.05) is 12.1 Å². The van der Waals surface area contributed by atoms with E-state index in [9.17, 15) is 5.11 Å². The van der Waals surface area contributed by atoms with Crippen LogP contribution >= 0.6 is 0 Å². The number of nitrogens with two attached hydrogens (primary N) is 1. The zero-order valence-electron chi connectivity index (χ0n) is 8.36. The van der Waals surface area contributed by atoms with Crippen molar-refractivity contribution in [2.24, 2.45) is 5.90 Å². The van der Waals surface area contributed by atoms with Crippen LogP contribution in [0.1, 0.15) is 25.5 Å². The third-order valence-electron chi connectivity index (χ3n) is 1.97. The molecule has 1 rings (SSSR count). The van der Waals surface area contributed by atoms with Gasteiger partial charge in [0.05, 0.1) is 6.61 Å². The fourth-order valence-electron chi connectivity index (χ4n) is 1.21. The molecule has 0 spiro atoms. The number of para-hydroxylation sites is 1. The first kappa shape index (κ1) is 10.8. The van der Waals surface area contributed by atoms with E-state index < -0.39 is 0 Å². The van der Waals surface area contributed by atoms with Gasteiger partial charge in [0.1, 0.15) is 6.10 Å². The molecular formula is C10H15NO3. The second-order valence-corrected chi connectivity index (χ2v) is 2.91. The Morgan fingerprint density at radius 2 is 2.21 bits per heavy atom. The Labute approximate surface area is 83.2 Å². The number of aromatic hydroxyl groups is 1. The molecule has 0 aromatic heterocycles. The Kier molecular flexibility index (Phi) is 3.73. The average molecular weight is 197 g/mol. The lowest BCUT2D eigenvalue weighted by Crippen LogP contribution is -2.06. The largest absolute Gasteiger partial charge is 0.504 e. The number of phenolic OH excluding ortho intramolecular Hbond substituents is 1. The molecule has 1 unspecified atom stereocenters. The number of phenols is 1. The lowest BCUT2D eigenvalue weighted by Gasteiger charge is -2.13. The smallest absolute Gasteiger partial charge is 0.163 e. The maximum Gasteiger partial charge on any atom is 0.163 e. The van der Waals surface area contributed by atoms with Gasteiger partial charge in [0.15, 0.2) is 11.5 Å². The van der Waals surface area contributed by atoms with Gasteiger partial charge >= 0.3 is 0 Å². The molecule has 0 radical (unpaired) electrons. The quantitative estimate of drug-likeness (QED) is 0.721. The summed E-state index contributed by atoms with van der Waals surface area (Å²) in [6.45, 7) is 4.12. The van der Waals surface area contributed by atoms with Gasteiger partial charge in [0.2, 0.25) is 0 Å². The Bertz CT molecular complexity index is 301. The monoisotopic (exact) mass is 197 g/mol. The van der Waals surface area contributed by atoms with Crippen molar-refractivity contribution < 1.29 is 14.7 Å². The highest BCUT2D eigenvalue weighted by Crippen LogP contribution is 2.34. The minimum Gasteiger partial charge on any atom is -0.504 e.